The lowest BCUT2D eigenvalue weighted by atomic mass is 10.1. The monoisotopic (exact) mass is 288 g/mol. The van der Waals surface area contributed by atoms with Gasteiger partial charge in [0, 0.05) is 30.5 Å². The van der Waals surface area contributed by atoms with E-state index in [0.29, 0.717) is 24.3 Å². The average molecular weight is 288 g/mol. The highest BCUT2D eigenvalue weighted by Gasteiger charge is 2.08. The van der Waals surface area contributed by atoms with Gasteiger partial charge in [-0.2, -0.15) is 0 Å². The topological polar surface area (TPSA) is 110 Å². The average Bonchev–Trinajstić information content (AvgIpc) is 2.91. The third-order valence-electron chi connectivity index (χ3n) is 3.05. The van der Waals surface area contributed by atoms with E-state index in [1.54, 1.807) is 22.8 Å². The summed E-state index contributed by atoms with van der Waals surface area (Å²) < 4.78 is 1.60. The summed E-state index contributed by atoms with van der Waals surface area (Å²) in [7, 11) is 0. The van der Waals surface area contributed by atoms with Gasteiger partial charge < -0.3 is 20.7 Å². The SMILES string of the molecule is Cc1ccc(C(=O)NCCn2cnc(C(=O)O)c2)cc1N. The van der Waals surface area contributed by atoms with Gasteiger partial charge in [0.2, 0.25) is 0 Å². The summed E-state index contributed by atoms with van der Waals surface area (Å²) >= 11 is 0. The molecule has 1 aromatic carbocycles. The summed E-state index contributed by atoms with van der Waals surface area (Å²) in [6.45, 7) is 2.67. The Morgan fingerprint density at radius 1 is 1.43 bits per heavy atom. The summed E-state index contributed by atoms with van der Waals surface area (Å²) in [5.41, 5.74) is 7.73. The normalized spacial score (nSPS) is 10.3. The maximum Gasteiger partial charge on any atom is 0.356 e. The molecule has 0 saturated heterocycles. The highest BCUT2D eigenvalue weighted by Crippen LogP contribution is 2.12. The van der Waals surface area contributed by atoms with Crippen LogP contribution in [0.1, 0.15) is 26.4 Å². The number of nitrogens with one attached hydrogen (secondary N) is 1. The first-order chi connectivity index (χ1) is 9.97. The molecule has 0 unspecified atom stereocenters. The van der Waals surface area contributed by atoms with Gasteiger partial charge in [0.25, 0.3) is 5.91 Å². The van der Waals surface area contributed by atoms with Crippen molar-refractivity contribution in [3.05, 3.63) is 47.5 Å². The van der Waals surface area contributed by atoms with Crippen LogP contribution >= 0.6 is 0 Å². The number of hydrogen-bond acceptors (Lipinski definition) is 4. The third kappa shape index (κ3) is 3.59. The number of aromatic nitrogens is 2. The van der Waals surface area contributed by atoms with Gasteiger partial charge in [0.05, 0.1) is 6.33 Å². The Morgan fingerprint density at radius 3 is 2.81 bits per heavy atom. The fraction of sp³-hybridized carbons (Fsp3) is 0.214. The fourth-order valence-electron chi connectivity index (χ4n) is 1.78. The summed E-state index contributed by atoms with van der Waals surface area (Å²) in [6, 6.07) is 5.13. The van der Waals surface area contributed by atoms with E-state index < -0.39 is 5.97 Å². The van der Waals surface area contributed by atoms with Gasteiger partial charge in [-0.05, 0) is 24.6 Å². The Hall–Kier alpha value is -2.83. The zero-order valence-electron chi connectivity index (χ0n) is 11.5. The molecule has 0 saturated carbocycles. The molecule has 0 bridgehead atoms. The number of benzene rings is 1. The van der Waals surface area contributed by atoms with Crippen LogP contribution < -0.4 is 11.1 Å². The van der Waals surface area contributed by atoms with E-state index in [1.165, 1.54) is 12.5 Å². The van der Waals surface area contributed by atoms with Gasteiger partial charge in [-0.25, -0.2) is 9.78 Å². The van der Waals surface area contributed by atoms with Gasteiger partial charge in [0.1, 0.15) is 0 Å². The molecule has 7 heteroatoms. The van der Waals surface area contributed by atoms with Gasteiger partial charge in [-0.3, -0.25) is 4.79 Å². The van der Waals surface area contributed by atoms with Crippen LogP contribution in [0.3, 0.4) is 0 Å². The third-order valence-corrected chi connectivity index (χ3v) is 3.05. The molecule has 0 aliphatic rings. The minimum absolute atomic E-state index is 0.0207. The number of carboxylic acids is 1. The van der Waals surface area contributed by atoms with E-state index in [-0.39, 0.29) is 11.6 Å². The first-order valence-corrected chi connectivity index (χ1v) is 6.37. The molecule has 1 aromatic heterocycles. The van der Waals surface area contributed by atoms with Crippen molar-refractivity contribution in [2.45, 2.75) is 13.5 Å². The maximum absolute atomic E-state index is 11.9. The van der Waals surface area contributed by atoms with Crippen LogP contribution in [-0.4, -0.2) is 33.1 Å². The summed E-state index contributed by atoms with van der Waals surface area (Å²) in [4.78, 5) is 26.3. The lowest BCUT2D eigenvalue weighted by molar-refractivity contribution is 0.0690. The number of nitrogens with two attached hydrogens (primary N) is 1. The van der Waals surface area contributed by atoms with Crippen molar-refractivity contribution in [3.63, 3.8) is 0 Å². The molecule has 0 fully saturated rings. The van der Waals surface area contributed by atoms with Crippen molar-refractivity contribution < 1.29 is 14.7 Å². The number of aromatic carboxylic acids is 1. The van der Waals surface area contributed by atoms with Crippen molar-refractivity contribution in [1.82, 2.24) is 14.9 Å². The number of carbonyl (C=O) groups excluding carboxylic acids is 1. The Morgan fingerprint density at radius 2 is 2.19 bits per heavy atom. The van der Waals surface area contributed by atoms with Crippen LogP contribution in [0.4, 0.5) is 5.69 Å². The van der Waals surface area contributed by atoms with E-state index in [2.05, 4.69) is 10.3 Å². The van der Waals surface area contributed by atoms with Crippen molar-refractivity contribution in [2.75, 3.05) is 12.3 Å². The molecule has 2 rings (SSSR count). The van der Waals surface area contributed by atoms with Crippen molar-refractivity contribution in [2.24, 2.45) is 0 Å². The first kappa shape index (κ1) is 14.6. The standard InChI is InChI=1S/C14H16N4O3/c1-9-2-3-10(6-11(9)15)13(19)16-4-5-18-7-12(14(20)21)17-8-18/h2-3,6-8H,4-5,15H2,1H3,(H,16,19)(H,20,21). The maximum atomic E-state index is 11.9. The first-order valence-electron chi connectivity index (χ1n) is 6.37. The summed E-state index contributed by atoms with van der Waals surface area (Å²) in [5.74, 6) is -1.30. The Kier molecular flexibility index (Phi) is 4.22. The quantitative estimate of drug-likeness (QED) is 0.708. The number of carboxylic acid groups (broad SMARTS) is 1. The zero-order valence-corrected chi connectivity index (χ0v) is 11.5. The van der Waals surface area contributed by atoms with Gasteiger partial charge >= 0.3 is 5.97 Å². The van der Waals surface area contributed by atoms with E-state index in [0.717, 1.165) is 5.56 Å². The van der Waals surface area contributed by atoms with Gasteiger partial charge in [0.15, 0.2) is 5.69 Å². The summed E-state index contributed by atoms with van der Waals surface area (Å²) in [6.07, 6.45) is 2.83. The number of rotatable bonds is 5. The molecular weight excluding hydrogens is 272 g/mol. The van der Waals surface area contributed by atoms with Crippen molar-refractivity contribution >= 4 is 17.6 Å². The molecule has 7 nitrogen and oxygen atoms in total. The van der Waals surface area contributed by atoms with Crippen LogP contribution in [0.25, 0.3) is 0 Å². The second-order valence-corrected chi connectivity index (χ2v) is 4.63. The molecule has 0 aliphatic heterocycles. The van der Waals surface area contributed by atoms with E-state index >= 15 is 0 Å². The number of anilines is 1. The van der Waals surface area contributed by atoms with E-state index in [1.807, 2.05) is 6.92 Å². The molecule has 0 atom stereocenters. The smallest absolute Gasteiger partial charge is 0.356 e. The molecule has 0 radical (unpaired) electrons. The molecule has 21 heavy (non-hydrogen) atoms. The van der Waals surface area contributed by atoms with Crippen LogP contribution in [0, 0.1) is 6.92 Å². The van der Waals surface area contributed by atoms with E-state index in [4.69, 9.17) is 10.8 Å². The van der Waals surface area contributed by atoms with Crippen molar-refractivity contribution in [1.29, 1.82) is 0 Å². The van der Waals surface area contributed by atoms with Crippen LogP contribution in [-0.2, 0) is 6.54 Å². The lowest BCUT2D eigenvalue weighted by Gasteiger charge is -2.07. The zero-order chi connectivity index (χ0) is 15.4. The molecule has 0 spiro atoms. The molecule has 0 aliphatic carbocycles. The number of nitrogen functional groups attached to an aromatic ring is 1. The Balaban J connectivity index is 1.88. The molecule has 1 heterocycles. The number of hydrogen-bond donors (Lipinski definition) is 3. The predicted octanol–water partition coefficient (Wildman–Crippen LogP) is 0.902. The molecule has 4 N–H and O–H groups in total. The number of amides is 1. The molecule has 2 aromatic rings. The second-order valence-electron chi connectivity index (χ2n) is 4.63. The number of carbonyl (C=O) groups is 2. The van der Waals surface area contributed by atoms with Gasteiger partial charge in [-0.1, -0.05) is 6.07 Å². The molecule has 1 amide bonds. The number of imidazole rings is 1. The number of aryl methyl sites for hydroxylation is 1. The predicted molar refractivity (Wildman–Crippen MR) is 77.1 cm³/mol. The highest BCUT2D eigenvalue weighted by atomic mass is 16.4. The molecule has 110 valence electrons. The van der Waals surface area contributed by atoms with Crippen molar-refractivity contribution in [3.8, 4) is 0 Å². The Labute approximate surface area is 121 Å². The largest absolute Gasteiger partial charge is 0.476 e. The van der Waals surface area contributed by atoms with Crippen LogP contribution in [0.2, 0.25) is 0 Å². The Bertz CT molecular complexity index is 679. The minimum atomic E-state index is -1.08. The number of nitrogens with zero attached hydrogens (tertiary/aromatic N) is 2. The van der Waals surface area contributed by atoms with Gasteiger partial charge in [-0.15, -0.1) is 0 Å². The van der Waals surface area contributed by atoms with Crippen LogP contribution in [0.5, 0.6) is 0 Å². The molecular formula is C14H16N4O3. The second kappa shape index (κ2) is 6.08. The highest BCUT2D eigenvalue weighted by molar-refractivity contribution is 5.95. The van der Waals surface area contributed by atoms with Crippen LogP contribution in [0.15, 0.2) is 30.7 Å². The minimum Gasteiger partial charge on any atom is -0.476 e. The van der Waals surface area contributed by atoms with E-state index in [9.17, 15) is 9.59 Å². The summed E-state index contributed by atoms with van der Waals surface area (Å²) in [5, 5.41) is 11.5. The lowest BCUT2D eigenvalue weighted by Crippen LogP contribution is -2.27. The fourth-order valence-corrected chi connectivity index (χ4v) is 1.78.